The molecule has 256 valence electrons. The predicted molar refractivity (Wildman–Crippen MR) is 173 cm³/mol. The van der Waals surface area contributed by atoms with E-state index in [2.05, 4.69) is 13.8 Å². The Labute approximate surface area is 264 Å². The van der Waals surface area contributed by atoms with Crippen LogP contribution in [-0.2, 0) is 38.0 Å². The minimum atomic E-state index is -0.149. The smallest absolute Gasteiger partial charge is 0.305 e. The average molecular weight is 617 g/mol. The van der Waals surface area contributed by atoms with E-state index in [9.17, 15) is 9.59 Å². The minimum Gasteiger partial charge on any atom is -0.463 e. The third-order valence-corrected chi connectivity index (χ3v) is 7.32. The zero-order valence-electron chi connectivity index (χ0n) is 28.2. The molecule has 0 N–H and O–H groups in total. The van der Waals surface area contributed by atoms with Crippen LogP contribution in [0.2, 0.25) is 0 Å². The van der Waals surface area contributed by atoms with Gasteiger partial charge in [0.1, 0.15) is 13.2 Å². The third kappa shape index (κ3) is 36.9. The van der Waals surface area contributed by atoms with E-state index in [1.165, 1.54) is 83.5 Å². The molecule has 0 aromatic carbocycles. The van der Waals surface area contributed by atoms with E-state index in [4.69, 9.17) is 28.4 Å². The van der Waals surface area contributed by atoms with Crippen molar-refractivity contribution in [2.45, 2.75) is 149 Å². The molecule has 0 heterocycles. The molecule has 43 heavy (non-hydrogen) atoms. The van der Waals surface area contributed by atoms with Crippen molar-refractivity contribution < 1.29 is 38.0 Å². The summed E-state index contributed by atoms with van der Waals surface area (Å²) in [6.07, 6.45) is 25.0. The summed E-state index contributed by atoms with van der Waals surface area (Å²) in [6, 6.07) is 0. The van der Waals surface area contributed by atoms with Gasteiger partial charge in [-0.1, -0.05) is 123 Å². The van der Waals surface area contributed by atoms with E-state index in [0.29, 0.717) is 72.3 Å². The minimum absolute atomic E-state index is 0.130. The van der Waals surface area contributed by atoms with Gasteiger partial charge in [0.15, 0.2) is 0 Å². The highest BCUT2D eigenvalue weighted by molar-refractivity contribution is 5.69. The van der Waals surface area contributed by atoms with E-state index in [1.54, 1.807) is 0 Å². The van der Waals surface area contributed by atoms with E-state index < -0.39 is 0 Å². The standard InChI is InChI=1S/C35H68O8/c1-3-5-7-9-10-11-12-13-14-15-16-17-18-19-21-23-35(37)43-33-31-41-29-27-39-25-24-38-26-28-40-30-32-42-34(36)22-20-8-6-4-2/h3-33H2,1-2H3. The van der Waals surface area contributed by atoms with Gasteiger partial charge >= 0.3 is 11.9 Å². The molecule has 0 atom stereocenters. The van der Waals surface area contributed by atoms with E-state index in [1.807, 2.05) is 0 Å². The lowest BCUT2D eigenvalue weighted by atomic mass is 10.0. The summed E-state index contributed by atoms with van der Waals surface area (Å²) in [6.45, 7) is 8.57. The van der Waals surface area contributed by atoms with Crippen LogP contribution in [0, 0.1) is 0 Å². The topological polar surface area (TPSA) is 89.5 Å². The summed E-state index contributed by atoms with van der Waals surface area (Å²) >= 11 is 0. The van der Waals surface area contributed by atoms with Gasteiger partial charge in [-0.05, 0) is 12.8 Å². The molecule has 0 amide bonds. The number of rotatable bonds is 36. The number of hydrogen-bond acceptors (Lipinski definition) is 8. The number of esters is 2. The number of unbranched alkanes of at least 4 members (excludes halogenated alkanes) is 17. The van der Waals surface area contributed by atoms with Gasteiger partial charge in [-0.25, -0.2) is 0 Å². The van der Waals surface area contributed by atoms with E-state index >= 15 is 0 Å². The Balaban J connectivity index is 3.19. The SMILES string of the molecule is CCCCCCCCCCCCCCCCCC(=O)OCCOCCOCCOCCOCCOC(=O)CCCCCC. The Kier molecular flexibility index (Phi) is 35.9. The van der Waals surface area contributed by atoms with Crippen LogP contribution in [0.25, 0.3) is 0 Å². The first kappa shape index (κ1) is 41.8. The Hall–Kier alpha value is -1.22. The molecule has 0 bridgehead atoms. The van der Waals surface area contributed by atoms with Crippen molar-refractivity contribution in [3.8, 4) is 0 Å². The highest BCUT2D eigenvalue weighted by Crippen LogP contribution is 2.14. The van der Waals surface area contributed by atoms with Crippen molar-refractivity contribution in [3.05, 3.63) is 0 Å². The van der Waals surface area contributed by atoms with Crippen molar-refractivity contribution in [2.75, 3.05) is 66.1 Å². The van der Waals surface area contributed by atoms with Gasteiger partial charge in [0.25, 0.3) is 0 Å². The maximum absolute atomic E-state index is 11.8. The van der Waals surface area contributed by atoms with Crippen LogP contribution in [0.5, 0.6) is 0 Å². The van der Waals surface area contributed by atoms with Crippen LogP contribution < -0.4 is 0 Å². The van der Waals surface area contributed by atoms with Gasteiger partial charge in [0.2, 0.25) is 0 Å². The Morgan fingerprint density at radius 1 is 0.326 bits per heavy atom. The Bertz CT molecular complexity index is 572. The number of carbonyl (C=O) groups excluding carboxylic acids is 2. The quantitative estimate of drug-likeness (QED) is 0.0512. The van der Waals surface area contributed by atoms with Crippen LogP contribution in [0.4, 0.5) is 0 Å². The van der Waals surface area contributed by atoms with Crippen molar-refractivity contribution in [1.29, 1.82) is 0 Å². The van der Waals surface area contributed by atoms with Gasteiger partial charge in [0, 0.05) is 12.8 Å². The van der Waals surface area contributed by atoms with Gasteiger partial charge in [-0.15, -0.1) is 0 Å². The monoisotopic (exact) mass is 616 g/mol. The molecule has 0 aromatic heterocycles. The fraction of sp³-hybridized carbons (Fsp3) is 0.943. The summed E-state index contributed by atoms with van der Waals surface area (Å²) in [7, 11) is 0. The molecule has 0 unspecified atom stereocenters. The zero-order valence-corrected chi connectivity index (χ0v) is 28.2. The molecule has 8 nitrogen and oxygen atoms in total. The number of carbonyl (C=O) groups is 2. The number of ether oxygens (including phenoxy) is 6. The molecule has 0 saturated carbocycles. The first-order chi connectivity index (χ1) is 21.2. The van der Waals surface area contributed by atoms with Crippen LogP contribution in [0.1, 0.15) is 149 Å². The zero-order chi connectivity index (χ0) is 31.3. The molecule has 0 fully saturated rings. The fourth-order valence-electron chi connectivity index (χ4n) is 4.67. The molecule has 0 aliphatic rings. The van der Waals surface area contributed by atoms with Crippen LogP contribution >= 0.6 is 0 Å². The molecule has 0 aliphatic heterocycles. The molecule has 0 saturated heterocycles. The van der Waals surface area contributed by atoms with Gasteiger partial charge in [-0.2, -0.15) is 0 Å². The maximum Gasteiger partial charge on any atom is 0.305 e. The van der Waals surface area contributed by atoms with Crippen LogP contribution in [0.3, 0.4) is 0 Å². The first-order valence-corrected chi connectivity index (χ1v) is 17.8. The lowest BCUT2D eigenvalue weighted by Gasteiger charge is -2.08. The van der Waals surface area contributed by atoms with Crippen LogP contribution in [-0.4, -0.2) is 78.0 Å². The molecular formula is C35H68O8. The Morgan fingerprint density at radius 3 is 0.860 bits per heavy atom. The summed E-state index contributed by atoms with van der Waals surface area (Å²) < 4.78 is 32.1. The van der Waals surface area contributed by atoms with Crippen molar-refractivity contribution in [1.82, 2.24) is 0 Å². The number of hydrogen-bond donors (Lipinski definition) is 0. The van der Waals surface area contributed by atoms with Gasteiger partial charge in [-0.3, -0.25) is 9.59 Å². The molecule has 0 spiro atoms. The lowest BCUT2D eigenvalue weighted by molar-refractivity contribution is -0.146. The van der Waals surface area contributed by atoms with Crippen LogP contribution in [0.15, 0.2) is 0 Å². The largest absolute Gasteiger partial charge is 0.463 e. The van der Waals surface area contributed by atoms with Gasteiger partial charge in [0.05, 0.1) is 52.9 Å². The molecule has 0 rings (SSSR count). The van der Waals surface area contributed by atoms with E-state index in [-0.39, 0.29) is 18.5 Å². The second kappa shape index (κ2) is 37.0. The van der Waals surface area contributed by atoms with Crippen molar-refractivity contribution in [2.24, 2.45) is 0 Å². The lowest BCUT2D eigenvalue weighted by Crippen LogP contribution is -2.15. The molecular weight excluding hydrogens is 548 g/mol. The molecule has 0 aliphatic carbocycles. The maximum atomic E-state index is 11.8. The normalized spacial score (nSPS) is 11.2. The summed E-state index contributed by atoms with van der Waals surface area (Å²) in [5.41, 5.74) is 0. The predicted octanol–water partition coefficient (Wildman–Crippen LogP) is 8.37. The highest BCUT2D eigenvalue weighted by atomic mass is 16.6. The summed E-state index contributed by atoms with van der Waals surface area (Å²) in [5.74, 6) is -0.279. The summed E-state index contributed by atoms with van der Waals surface area (Å²) in [4.78, 5) is 23.4. The third-order valence-electron chi connectivity index (χ3n) is 7.32. The second-order valence-corrected chi connectivity index (χ2v) is 11.4. The average Bonchev–Trinajstić information content (AvgIpc) is 3.01. The highest BCUT2D eigenvalue weighted by Gasteiger charge is 2.04. The van der Waals surface area contributed by atoms with E-state index in [0.717, 1.165) is 38.5 Å². The van der Waals surface area contributed by atoms with Gasteiger partial charge < -0.3 is 28.4 Å². The molecule has 0 aromatic rings. The second-order valence-electron chi connectivity index (χ2n) is 11.4. The van der Waals surface area contributed by atoms with Crippen molar-refractivity contribution in [3.63, 3.8) is 0 Å². The Morgan fingerprint density at radius 2 is 0.558 bits per heavy atom. The first-order valence-electron chi connectivity index (χ1n) is 17.8. The molecule has 0 radical (unpaired) electrons. The fourth-order valence-corrected chi connectivity index (χ4v) is 4.67. The van der Waals surface area contributed by atoms with Crippen molar-refractivity contribution >= 4 is 11.9 Å². The molecule has 8 heteroatoms. The summed E-state index contributed by atoms with van der Waals surface area (Å²) in [5, 5.41) is 0.